The fraction of sp³-hybridized carbons (Fsp3) is 0.417. The van der Waals surface area contributed by atoms with Crippen molar-refractivity contribution in [3.63, 3.8) is 0 Å². The van der Waals surface area contributed by atoms with Gasteiger partial charge in [0.25, 0.3) is 5.91 Å². The number of ether oxygens (including phenoxy) is 1. The van der Waals surface area contributed by atoms with Crippen LogP contribution in [-0.4, -0.2) is 58.5 Å². The van der Waals surface area contributed by atoms with Crippen LogP contribution in [0.4, 0.5) is 4.39 Å². The number of carbonyl (C=O) groups excluding carboxylic acids is 2. The number of pyridine rings is 1. The summed E-state index contributed by atoms with van der Waals surface area (Å²) in [6.45, 7) is 0.621. The van der Waals surface area contributed by atoms with Crippen LogP contribution < -0.4 is 5.32 Å². The molecule has 1 saturated heterocycles. The highest BCUT2D eigenvalue weighted by Crippen LogP contribution is 2.28. The van der Waals surface area contributed by atoms with Crippen LogP contribution in [0.25, 0.3) is 22.7 Å². The number of carbonyl (C=O) groups is 2. The highest BCUT2D eigenvalue weighted by atomic mass is 19.1. The Labute approximate surface area is 190 Å². The molecule has 3 heterocycles. The van der Waals surface area contributed by atoms with E-state index in [1.807, 2.05) is 0 Å². The lowest BCUT2D eigenvalue weighted by Crippen LogP contribution is -2.42. The second-order valence-corrected chi connectivity index (χ2v) is 8.63. The lowest BCUT2D eigenvalue weighted by molar-refractivity contribution is -0.130. The Bertz CT molecular complexity index is 1160. The van der Waals surface area contributed by atoms with Crippen LogP contribution in [-0.2, 0) is 9.53 Å². The number of nitrogens with one attached hydrogen (secondary N) is 1. The standard InChI is InChI=1S/C24H25FN4O4/c1-29(16-8-7-15(13-16)27-22(30)20-5-3-11-32-20)24(31)17-9-6-14(12-18(17)25)23-28-21-19(33-23)4-2-10-26-21/h2,4,6,9-10,12,15-16,20H,3,5,7-8,11,13H2,1H3,(H,27,30)/t15-,16+,20-/m0/s1. The molecule has 1 aliphatic heterocycles. The van der Waals surface area contributed by atoms with Crippen LogP contribution in [0.3, 0.4) is 0 Å². The first kappa shape index (κ1) is 21.5. The van der Waals surface area contributed by atoms with Gasteiger partial charge in [-0.3, -0.25) is 9.59 Å². The quantitative estimate of drug-likeness (QED) is 0.638. The van der Waals surface area contributed by atoms with E-state index in [1.54, 1.807) is 36.3 Å². The average Bonchev–Trinajstić information content (AvgIpc) is 3.58. The molecule has 0 bridgehead atoms. The zero-order valence-electron chi connectivity index (χ0n) is 18.3. The monoisotopic (exact) mass is 452 g/mol. The van der Waals surface area contributed by atoms with E-state index in [4.69, 9.17) is 9.15 Å². The van der Waals surface area contributed by atoms with E-state index in [0.717, 1.165) is 25.7 Å². The number of hydrogen-bond donors (Lipinski definition) is 1. The molecule has 2 aromatic heterocycles. The first-order chi connectivity index (χ1) is 16.0. The van der Waals surface area contributed by atoms with Gasteiger partial charge in [-0.2, -0.15) is 4.98 Å². The molecule has 9 heteroatoms. The molecule has 3 aromatic rings. The summed E-state index contributed by atoms with van der Waals surface area (Å²) in [5.41, 5.74) is 1.37. The molecule has 5 rings (SSSR count). The molecule has 2 amide bonds. The van der Waals surface area contributed by atoms with E-state index >= 15 is 0 Å². The molecule has 172 valence electrons. The third-order valence-corrected chi connectivity index (χ3v) is 6.45. The molecule has 8 nitrogen and oxygen atoms in total. The Hall–Kier alpha value is -3.33. The normalized spacial score (nSPS) is 22.5. The zero-order chi connectivity index (χ0) is 22.9. The van der Waals surface area contributed by atoms with Gasteiger partial charge in [0.15, 0.2) is 11.2 Å². The van der Waals surface area contributed by atoms with Gasteiger partial charge in [0.1, 0.15) is 11.9 Å². The maximum absolute atomic E-state index is 14.9. The van der Waals surface area contributed by atoms with Crippen molar-refractivity contribution < 1.29 is 23.1 Å². The van der Waals surface area contributed by atoms with E-state index in [1.165, 1.54) is 12.1 Å². The predicted molar refractivity (Wildman–Crippen MR) is 118 cm³/mol. The lowest BCUT2D eigenvalue weighted by atomic mass is 10.1. The summed E-state index contributed by atoms with van der Waals surface area (Å²) in [6.07, 6.45) is 5.03. The summed E-state index contributed by atoms with van der Waals surface area (Å²) in [6, 6.07) is 7.71. The van der Waals surface area contributed by atoms with Crippen molar-refractivity contribution in [3.8, 4) is 11.5 Å². The summed E-state index contributed by atoms with van der Waals surface area (Å²) in [5.74, 6) is -0.867. The summed E-state index contributed by atoms with van der Waals surface area (Å²) in [4.78, 5) is 35.3. The molecule has 1 aliphatic carbocycles. The van der Waals surface area contributed by atoms with Crippen LogP contribution in [0.1, 0.15) is 42.5 Å². The van der Waals surface area contributed by atoms with E-state index in [9.17, 15) is 14.0 Å². The van der Waals surface area contributed by atoms with Crippen LogP contribution in [0.2, 0.25) is 0 Å². The van der Waals surface area contributed by atoms with Crippen molar-refractivity contribution in [2.24, 2.45) is 0 Å². The van der Waals surface area contributed by atoms with Crippen molar-refractivity contribution in [1.29, 1.82) is 0 Å². The zero-order valence-corrected chi connectivity index (χ0v) is 18.3. The minimum absolute atomic E-state index is 0.0117. The first-order valence-electron chi connectivity index (χ1n) is 11.2. The van der Waals surface area contributed by atoms with Gasteiger partial charge in [0, 0.05) is 37.5 Å². The molecule has 0 unspecified atom stereocenters. The molecule has 1 N–H and O–H groups in total. The molecule has 1 aromatic carbocycles. The number of nitrogens with zero attached hydrogens (tertiary/aromatic N) is 3. The fourth-order valence-electron chi connectivity index (χ4n) is 4.59. The molecule has 0 radical (unpaired) electrons. The van der Waals surface area contributed by atoms with Crippen LogP contribution in [0.5, 0.6) is 0 Å². The Morgan fingerprint density at radius 1 is 1.21 bits per heavy atom. The molecule has 0 spiro atoms. The van der Waals surface area contributed by atoms with E-state index in [2.05, 4.69) is 15.3 Å². The van der Waals surface area contributed by atoms with Gasteiger partial charge in [-0.05, 0) is 62.4 Å². The van der Waals surface area contributed by atoms with Crippen LogP contribution in [0.15, 0.2) is 40.9 Å². The Kier molecular flexibility index (Phi) is 5.80. The number of benzene rings is 1. The van der Waals surface area contributed by atoms with Crippen molar-refractivity contribution >= 4 is 23.0 Å². The van der Waals surface area contributed by atoms with Gasteiger partial charge >= 0.3 is 0 Å². The summed E-state index contributed by atoms with van der Waals surface area (Å²) in [5, 5.41) is 3.03. The maximum Gasteiger partial charge on any atom is 0.256 e. The second-order valence-electron chi connectivity index (χ2n) is 8.63. The minimum Gasteiger partial charge on any atom is -0.434 e. The van der Waals surface area contributed by atoms with Gasteiger partial charge in [-0.25, -0.2) is 9.37 Å². The SMILES string of the molecule is CN(C(=O)c1ccc(-c2nc3ncccc3o2)cc1F)[C@@H]1CC[C@H](NC(=O)[C@@H]2CCCO2)C1. The number of fused-ring (bicyclic) bond motifs is 1. The van der Waals surface area contributed by atoms with E-state index in [0.29, 0.717) is 29.8 Å². The number of hydrogen-bond acceptors (Lipinski definition) is 6. The molecule has 2 fully saturated rings. The smallest absolute Gasteiger partial charge is 0.256 e. The van der Waals surface area contributed by atoms with Gasteiger partial charge in [0.2, 0.25) is 11.8 Å². The van der Waals surface area contributed by atoms with E-state index in [-0.39, 0.29) is 35.5 Å². The summed E-state index contributed by atoms with van der Waals surface area (Å²) >= 11 is 0. The average molecular weight is 452 g/mol. The third-order valence-electron chi connectivity index (χ3n) is 6.45. The van der Waals surface area contributed by atoms with Crippen LogP contribution >= 0.6 is 0 Å². The Morgan fingerprint density at radius 2 is 2.09 bits per heavy atom. The summed E-state index contributed by atoms with van der Waals surface area (Å²) in [7, 11) is 1.68. The number of halogens is 1. The number of oxazole rings is 1. The Morgan fingerprint density at radius 3 is 2.85 bits per heavy atom. The minimum atomic E-state index is -0.638. The van der Waals surface area contributed by atoms with Crippen LogP contribution in [0, 0.1) is 5.82 Å². The van der Waals surface area contributed by atoms with Gasteiger partial charge in [-0.1, -0.05) is 0 Å². The fourth-order valence-corrected chi connectivity index (χ4v) is 4.59. The predicted octanol–water partition coefficient (Wildman–Crippen LogP) is 3.32. The Balaban J connectivity index is 1.24. The number of amides is 2. The number of aromatic nitrogens is 2. The lowest BCUT2D eigenvalue weighted by Gasteiger charge is -2.25. The first-order valence-corrected chi connectivity index (χ1v) is 11.2. The van der Waals surface area contributed by atoms with Crippen molar-refractivity contribution in [1.82, 2.24) is 20.2 Å². The van der Waals surface area contributed by atoms with Crippen molar-refractivity contribution in [2.45, 2.75) is 50.3 Å². The van der Waals surface area contributed by atoms with Gasteiger partial charge in [-0.15, -0.1) is 0 Å². The molecule has 3 atom stereocenters. The van der Waals surface area contributed by atoms with Gasteiger partial charge < -0.3 is 19.4 Å². The topological polar surface area (TPSA) is 97.6 Å². The van der Waals surface area contributed by atoms with Crippen molar-refractivity contribution in [2.75, 3.05) is 13.7 Å². The number of rotatable bonds is 5. The molecule has 2 aliphatic rings. The second kappa shape index (κ2) is 8.90. The highest BCUT2D eigenvalue weighted by molar-refractivity contribution is 5.95. The largest absolute Gasteiger partial charge is 0.434 e. The highest BCUT2D eigenvalue weighted by Gasteiger charge is 2.34. The molecular weight excluding hydrogens is 427 g/mol. The van der Waals surface area contributed by atoms with E-state index < -0.39 is 11.7 Å². The molecule has 33 heavy (non-hydrogen) atoms. The third kappa shape index (κ3) is 4.32. The summed E-state index contributed by atoms with van der Waals surface area (Å²) < 4.78 is 26.0. The molecule has 1 saturated carbocycles. The molecular formula is C24H25FN4O4. The van der Waals surface area contributed by atoms with Crippen molar-refractivity contribution in [3.05, 3.63) is 47.9 Å². The maximum atomic E-state index is 14.9. The van der Waals surface area contributed by atoms with Gasteiger partial charge in [0.05, 0.1) is 5.56 Å².